The molecule has 0 spiro atoms. The van der Waals surface area contributed by atoms with Crippen LogP contribution in [-0.2, 0) is 16.1 Å². The number of amides is 2. The van der Waals surface area contributed by atoms with Gasteiger partial charge in [-0.2, -0.15) is 0 Å². The molecule has 58 heavy (non-hydrogen) atoms. The summed E-state index contributed by atoms with van der Waals surface area (Å²) in [5.41, 5.74) is 8.04. The normalized spacial score (nSPS) is 19.5. The lowest BCUT2D eigenvalue weighted by Gasteiger charge is -2.46. The number of aromatic nitrogens is 5. The lowest BCUT2D eigenvalue weighted by atomic mass is 9.90. The molecule has 0 radical (unpaired) electrons. The van der Waals surface area contributed by atoms with Crippen LogP contribution in [-0.4, -0.2) is 109 Å². The van der Waals surface area contributed by atoms with Gasteiger partial charge < -0.3 is 39.7 Å². The van der Waals surface area contributed by atoms with E-state index in [1.807, 2.05) is 74.8 Å². The third kappa shape index (κ3) is 7.45. The number of hydrogen-bond donors (Lipinski definition) is 4. The van der Waals surface area contributed by atoms with E-state index in [4.69, 9.17) is 4.52 Å². The first-order valence-corrected chi connectivity index (χ1v) is 20.8. The van der Waals surface area contributed by atoms with Crippen LogP contribution < -0.4 is 10.2 Å². The molecule has 0 bridgehead atoms. The van der Waals surface area contributed by atoms with Crippen molar-refractivity contribution in [3.63, 3.8) is 0 Å². The zero-order chi connectivity index (χ0) is 40.1. The Bertz CT molecular complexity index is 2430. The summed E-state index contributed by atoms with van der Waals surface area (Å²) in [5.74, 6) is 0.939. The van der Waals surface area contributed by atoms with Crippen LogP contribution in [0.4, 0.5) is 5.82 Å². The molecule has 0 saturated carbocycles. The van der Waals surface area contributed by atoms with Crippen molar-refractivity contribution in [1.29, 1.82) is 0 Å². The Labute approximate surface area is 339 Å². The fourth-order valence-electron chi connectivity index (χ4n) is 8.60. The maximum absolute atomic E-state index is 14.1. The number of carbonyl (C=O) groups excluding carboxylic acids is 2. The topological polar surface area (TPSA) is 177 Å². The highest BCUT2D eigenvalue weighted by molar-refractivity contribution is 7.13. The second-order valence-electron chi connectivity index (χ2n) is 16.3. The molecule has 3 saturated heterocycles. The number of benzene rings is 2. The molecule has 4 N–H and O–H groups in total. The van der Waals surface area contributed by atoms with E-state index in [9.17, 15) is 19.8 Å². The number of rotatable bonds is 12. The first-order chi connectivity index (χ1) is 28.1. The van der Waals surface area contributed by atoms with Crippen molar-refractivity contribution in [2.75, 3.05) is 44.2 Å². The van der Waals surface area contributed by atoms with Crippen LogP contribution in [0, 0.1) is 18.8 Å². The quantitative estimate of drug-likeness (QED) is 0.126. The Morgan fingerprint density at radius 3 is 2.55 bits per heavy atom. The summed E-state index contributed by atoms with van der Waals surface area (Å²) in [7, 11) is 0. The summed E-state index contributed by atoms with van der Waals surface area (Å²) in [6.45, 7) is 10.9. The Balaban J connectivity index is 0.767. The largest absolute Gasteiger partial charge is 0.507 e. The monoisotopic (exact) mass is 801 g/mol. The number of hydrogen-bond acceptors (Lipinski definition) is 12. The van der Waals surface area contributed by atoms with E-state index < -0.39 is 18.1 Å². The first kappa shape index (κ1) is 37.9. The maximum atomic E-state index is 14.1. The predicted octanol–water partition coefficient (Wildman–Crippen LogP) is 5.30. The van der Waals surface area contributed by atoms with Gasteiger partial charge in [0.2, 0.25) is 11.8 Å². The lowest BCUT2D eigenvalue weighted by molar-refractivity contribution is -0.141. The Morgan fingerprint density at radius 2 is 1.81 bits per heavy atom. The third-order valence-electron chi connectivity index (χ3n) is 11.8. The van der Waals surface area contributed by atoms with Crippen molar-refractivity contribution in [3.05, 3.63) is 95.0 Å². The van der Waals surface area contributed by atoms with Crippen LogP contribution in [0.3, 0.4) is 0 Å². The molecule has 0 unspecified atom stereocenters. The van der Waals surface area contributed by atoms with Gasteiger partial charge in [0.05, 0.1) is 27.9 Å². The van der Waals surface area contributed by atoms with E-state index in [-0.39, 0.29) is 36.4 Å². The number of carbonyl (C=O) groups is 2. The fourth-order valence-corrected chi connectivity index (χ4v) is 9.42. The average molecular weight is 802 g/mol. The molecule has 3 aliphatic rings. The van der Waals surface area contributed by atoms with Crippen molar-refractivity contribution in [1.82, 2.24) is 40.4 Å². The minimum atomic E-state index is -0.791. The molecule has 2 aromatic carbocycles. The van der Waals surface area contributed by atoms with Gasteiger partial charge in [-0.05, 0) is 48.2 Å². The van der Waals surface area contributed by atoms with Crippen molar-refractivity contribution >= 4 is 40.0 Å². The van der Waals surface area contributed by atoms with Gasteiger partial charge in [-0.25, -0.2) is 4.98 Å². The van der Waals surface area contributed by atoms with E-state index in [1.165, 1.54) is 4.90 Å². The number of phenolic OH excluding ortho intramolecular Hbond substituents is 1. The number of likely N-dealkylation sites (tertiary alicyclic amines) is 2. The number of thiazole rings is 1. The highest BCUT2D eigenvalue weighted by Gasteiger charge is 2.44. The van der Waals surface area contributed by atoms with Crippen LogP contribution in [0.2, 0.25) is 0 Å². The number of fused-ring (bicyclic) bond motifs is 1. The number of anilines is 1. The standard InChI is InChI=1S/C43H47N9O5S/c1-24(2)39(43(56)52-22-31(53)14-35(52)42(55)44-16-26-8-10-28(11-9-26)40-25(3)45-23-58-40)37-15-38(49-57-37)51-18-27(19-51)17-50-20-30(21-50)33-12-29-13-34(47-48-41(29)46-33)32-6-4-5-7-36(32)54/h4-13,15,23-24,27,30-31,35,39,53-54H,14,16-22H2,1-3H3,(H,44,55)(H,46,48)/t31-,35+,39+/m1/s1. The second-order valence-corrected chi connectivity index (χ2v) is 17.2. The Morgan fingerprint density at radius 1 is 1.02 bits per heavy atom. The summed E-state index contributed by atoms with van der Waals surface area (Å²) < 4.78 is 5.83. The fraction of sp³-hybridized carbons (Fsp3) is 0.395. The van der Waals surface area contributed by atoms with Crippen molar-refractivity contribution in [2.24, 2.45) is 11.8 Å². The molecule has 300 valence electrons. The van der Waals surface area contributed by atoms with Crippen LogP contribution in [0.15, 0.2) is 76.8 Å². The molecule has 3 atom stereocenters. The molecule has 6 aromatic rings. The van der Waals surface area contributed by atoms with E-state index in [2.05, 4.69) is 46.5 Å². The zero-order valence-corrected chi connectivity index (χ0v) is 33.5. The van der Waals surface area contributed by atoms with E-state index in [0.717, 1.165) is 71.1 Å². The van der Waals surface area contributed by atoms with Gasteiger partial charge in [-0.15, -0.1) is 21.5 Å². The molecular formula is C43H47N9O5S. The highest BCUT2D eigenvalue weighted by Crippen LogP contribution is 2.36. The molecule has 4 aromatic heterocycles. The molecule has 3 aliphatic heterocycles. The number of aromatic hydroxyl groups is 1. The number of nitrogens with one attached hydrogen (secondary N) is 2. The van der Waals surface area contributed by atoms with Gasteiger partial charge in [0.1, 0.15) is 17.7 Å². The van der Waals surface area contributed by atoms with Crippen molar-refractivity contribution < 1.29 is 24.3 Å². The predicted molar refractivity (Wildman–Crippen MR) is 220 cm³/mol. The number of aliphatic hydroxyl groups excluding tert-OH is 1. The summed E-state index contributed by atoms with van der Waals surface area (Å²) in [5, 5.41) is 37.9. The van der Waals surface area contributed by atoms with Gasteiger partial charge in [0, 0.05) is 86.8 Å². The van der Waals surface area contributed by atoms with Crippen molar-refractivity contribution in [2.45, 2.75) is 57.7 Å². The maximum Gasteiger partial charge on any atom is 0.243 e. The van der Waals surface area contributed by atoms with Crippen LogP contribution in [0.25, 0.3) is 32.7 Å². The summed E-state index contributed by atoms with van der Waals surface area (Å²) in [6, 6.07) is 20.4. The number of nitrogens with zero attached hydrogens (tertiary/aromatic N) is 7. The van der Waals surface area contributed by atoms with Gasteiger partial charge in [0.25, 0.3) is 0 Å². The van der Waals surface area contributed by atoms with E-state index in [0.29, 0.717) is 41.2 Å². The molecule has 15 heteroatoms. The number of aliphatic hydroxyl groups is 1. The lowest BCUT2D eigenvalue weighted by Crippen LogP contribution is -2.55. The van der Waals surface area contributed by atoms with Crippen molar-refractivity contribution in [3.8, 4) is 27.4 Å². The summed E-state index contributed by atoms with van der Waals surface area (Å²) in [4.78, 5) is 42.7. The molecule has 0 aliphatic carbocycles. The van der Waals surface area contributed by atoms with Gasteiger partial charge in [-0.1, -0.05) is 55.4 Å². The third-order valence-corrected chi connectivity index (χ3v) is 12.8. The average Bonchev–Trinajstić information content (AvgIpc) is 4.00. The summed E-state index contributed by atoms with van der Waals surface area (Å²) in [6.07, 6.45) is -0.612. The highest BCUT2D eigenvalue weighted by atomic mass is 32.1. The molecule has 14 nitrogen and oxygen atoms in total. The number of aromatic amines is 1. The van der Waals surface area contributed by atoms with Crippen LogP contribution in [0.5, 0.6) is 5.75 Å². The minimum Gasteiger partial charge on any atom is -0.507 e. The minimum absolute atomic E-state index is 0.0875. The molecule has 3 fully saturated rings. The Kier molecular flexibility index (Phi) is 10.2. The van der Waals surface area contributed by atoms with Crippen LogP contribution in [0.1, 0.15) is 54.8 Å². The molecule has 9 rings (SSSR count). The van der Waals surface area contributed by atoms with Crippen LogP contribution >= 0.6 is 11.3 Å². The van der Waals surface area contributed by atoms with E-state index >= 15 is 0 Å². The first-order valence-electron chi connectivity index (χ1n) is 19.9. The molecule has 2 amide bonds. The molecular weight excluding hydrogens is 755 g/mol. The smallest absolute Gasteiger partial charge is 0.243 e. The van der Waals surface area contributed by atoms with Gasteiger partial charge in [-0.3, -0.25) is 9.59 Å². The second kappa shape index (κ2) is 15.6. The summed E-state index contributed by atoms with van der Waals surface area (Å²) >= 11 is 1.60. The number of phenols is 1. The zero-order valence-electron chi connectivity index (χ0n) is 32.7. The number of H-pyrrole nitrogens is 1. The number of aryl methyl sites for hydroxylation is 1. The number of β-amino-alcohol motifs (C(OH)–C–C–N with tert-alkyl or cyclic N) is 1. The SMILES string of the molecule is Cc1ncsc1-c1ccc(CNC(=O)[C@@H]2C[C@@H](O)CN2C(=O)[C@H](c2cc(N3CC(CN4CC(c5cc6cc(-c7ccccc7O)nnc6[nH]5)C4)C3)no2)C(C)C)cc1. The van der Waals surface area contributed by atoms with Gasteiger partial charge >= 0.3 is 0 Å². The van der Waals surface area contributed by atoms with E-state index in [1.54, 1.807) is 23.5 Å². The van der Waals surface area contributed by atoms with Gasteiger partial charge in [0.15, 0.2) is 17.2 Å². The number of para-hydroxylation sites is 1. The Hall–Kier alpha value is -5.64. The molecule has 7 heterocycles.